The van der Waals surface area contributed by atoms with E-state index in [2.05, 4.69) is 25.2 Å². The second-order valence-electron chi connectivity index (χ2n) is 5.53. The minimum atomic E-state index is 0.486. The molecule has 1 aliphatic rings. The third-order valence-electron chi connectivity index (χ3n) is 4.18. The van der Waals surface area contributed by atoms with Crippen LogP contribution in [0.4, 0.5) is 0 Å². The number of halogens is 2. The molecule has 1 saturated carbocycles. The van der Waals surface area contributed by atoms with E-state index in [1.54, 1.807) is 0 Å². The summed E-state index contributed by atoms with van der Waals surface area (Å²) in [4.78, 5) is 0. The van der Waals surface area contributed by atoms with Gasteiger partial charge in [0.15, 0.2) is 0 Å². The Morgan fingerprint density at radius 1 is 1.21 bits per heavy atom. The maximum absolute atomic E-state index is 6.40. The zero-order valence-corrected chi connectivity index (χ0v) is 13.3. The van der Waals surface area contributed by atoms with Crippen molar-refractivity contribution in [3.63, 3.8) is 0 Å². The van der Waals surface area contributed by atoms with E-state index >= 15 is 0 Å². The Morgan fingerprint density at radius 3 is 2.42 bits per heavy atom. The van der Waals surface area contributed by atoms with E-state index in [1.165, 1.54) is 31.2 Å². The molecule has 3 heteroatoms. The maximum Gasteiger partial charge on any atom is 0.0456 e. The molecule has 0 saturated heterocycles. The van der Waals surface area contributed by atoms with Crippen molar-refractivity contribution in [2.45, 2.75) is 51.5 Å². The molecule has 0 bridgehead atoms. The molecule has 1 aromatic rings. The second kappa shape index (κ2) is 6.97. The quantitative estimate of drug-likeness (QED) is 0.723. The van der Waals surface area contributed by atoms with Crippen LogP contribution < -0.4 is 5.32 Å². The Balaban J connectivity index is 2.17. The topological polar surface area (TPSA) is 12.0 Å². The van der Waals surface area contributed by atoms with Gasteiger partial charge in [-0.15, -0.1) is 0 Å². The molecule has 0 radical (unpaired) electrons. The van der Waals surface area contributed by atoms with Crippen molar-refractivity contribution in [2.75, 3.05) is 6.54 Å². The summed E-state index contributed by atoms with van der Waals surface area (Å²) in [6.45, 7) is 5.56. The molecule has 0 amide bonds. The summed E-state index contributed by atoms with van der Waals surface area (Å²) in [5, 5.41) is 5.18. The lowest BCUT2D eigenvalue weighted by atomic mass is 9.82. The normalized spacial score (nSPS) is 16.9. The third-order valence-corrected chi connectivity index (χ3v) is 4.75. The van der Waals surface area contributed by atoms with Gasteiger partial charge in [0.2, 0.25) is 0 Å². The Labute approximate surface area is 126 Å². The first-order chi connectivity index (χ1) is 9.15. The molecule has 19 heavy (non-hydrogen) atoms. The molecule has 1 nitrogen and oxygen atoms in total. The molecule has 1 fully saturated rings. The van der Waals surface area contributed by atoms with Crippen molar-refractivity contribution in [1.82, 2.24) is 5.32 Å². The van der Waals surface area contributed by atoms with Gasteiger partial charge in [0, 0.05) is 28.5 Å². The van der Waals surface area contributed by atoms with Crippen molar-refractivity contribution in [3.8, 4) is 0 Å². The van der Waals surface area contributed by atoms with Crippen LogP contribution in [0.5, 0.6) is 0 Å². The summed E-state index contributed by atoms with van der Waals surface area (Å²) in [5.74, 6) is 1.16. The van der Waals surface area contributed by atoms with Gasteiger partial charge in [-0.25, -0.2) is 0 Å². The lowest BCUT2D eigenvalue weighted by molar-refractivity contribution is 0.379. The molecule has 1 aromatic carbocycles. The SMILES string of the molecule is CCC(CC)C(CNC1CC1)c1ccc(Cl)cc1Cl. The van der Waals surface area contributed by atoms with Crippen molar-refractivity contribution >= 4 is 23.2 Å². The lowest BCUT2D eigenvalue weighted by Gasteiger charge is -2.27. The Kier molecular flexibility index (Phi) is 5.56. The number of nitrogens with one attached hydrogen (secondary N) is 1. The van der Waals surface area contributed by atoms with Crippen LogP contribution in [0.3, 0.4) is 0 Å². The Hall–Kier alpha value is -0.240. The van der Waals surface area contributed by atoms with Crippen LogP contribution in [0.15, 0.2) is 18.2 Å². The van der Waals surface area contributed by atoms with E-state index in [0.717, 1.165) is 17.6 Å². The predicted octanol–water partition coefficient (Wildman–Crippen LogP) is 5.27. The lowest BCUT2D eigenvalue weighted by Crippen LogP contribution is -2.28. The van der Waals surface area contributed by atoms with E-state index in [1.807, 2.05) is 12.1 Å². The van der Waals surface area contributed by atoms with Crippen LogP contribution in [-0.2, 0) is 0 Å². The Morgan fingerprint density at radius 2 is 1.89 bits per heavy atom. The summed E-state index contributed by atoms with van der Waals surface area (Å²) in [5.41, 5.74) is 1.24. The molecule has 106 valence electrons. The van der Waals surface area contributed by atoms with Crippen molar-refractivity contribution < 1.29 is 0 Å². The third kappa shape index (κ3) is 4.11. The summed E-state index contributed by atoms with van der Waals surface area (Å²) in [6.07, 6.45) is 5.02. The summed E-state index contributed by atoms with van der Waals surface area (Å²) in [7, 11) is 0. The zero-order chi connectivity index (χ0) is 13.8. The number of rotatable bonds is 7. The molecular weight excluding hydrogens is 277 g/mol. The van der Waals surface area contributed by atoms with E-state index in [0.29, 0.717) is 16.9 Å². The van der Waals surface area contributed by atoms with E-state index in [4.69, 9.17) is 23.2 Å². The fraction of sp³-hybridized carbons (Fsp3) is 0.625. The molecule has 2 rings (SSSR count). The predicted molar refractivity (Wildman–Crippen MR) is 84.3 cm³/mol. The molecule has 0 heterocycles. The molecule has 1 unspecified atom stereocenters. The van der Waals surface area contributed by atoms with Crippen LogP contribution in [0.2, 0.25) is 10.0 Å². The molecule has 1 N–H and O–H groups in total. The summed E-state index contributed by atoms with van der Waals surface area (Å²) >= 11 is 12.4. The molecule has 1 aliphatic carbocycles. The van der Waals surface area contributed by atoms with Gasteiger partial charge in [-0.3, -0.25) is 0 Å². The van der Waals surface area contributed by atoms with Crippen LogP contribution in [0.25, 0.3) is 0 Å². The van der Waals surface area contributed by atoms with Gasteiger partial charge in [-0.1, -0.05) is 56.0 Å². The zero-order valence-electron chi connectivity index (χ0n) is 11.8. The van der Waals surface area contributed by atoms with Gasteiger partial charge < -0.3 is 5.32 Å². The minimum Gasteiger partial charge on any atom is -0.313 e. The van der Waals surface area contributed by atoms with Crippen LogP contribution in [0.1, 0.15) is 51.0 Å². The standard InChI is InChI=1S/C16H23Cl2N/c1-3-11(4-2)15(10-19-13-6-7-13)14-8-5-12(17)9-16(14)18/h5,8-9,11,13,15,19H,3-4,6-7,10H2,1-2H3. The van der Waals surface area contributed by atoms with Crippen molar-refractivity contribution in [2.24, 2.45) is 5.92 Å². The van der Waals surface area contributed by atoms with Gasteiger partial charge in [0.1, 0.15) is 0 Å². The van der Waals surface area contributed by atoms with Crippen LogP contribution in [-0.4, -0.2) is 12.6 Å². The number of hydrogen-bond donors (Lipinski definition) is 1. The molecule has 0 aromatic heterocycles. The maximum atomic E-state index is 6.40. The largest absolute Gasteiger partial charge is 0.313 e. The average molecular weight is 300 g/mol. The van der Waals surface area contributed by atoms with Gasteiger partial charge >= 0.3 is 0 Å². The molecule has 0 aliphatic heterocycles. The van der Waals surface area contributed by atoms with E-state index in [9.17, 15) is 0 Å². The smallest absolute Gasteiger partial charge is 0.0456 e. The van der Waals surface area contributed by atoms with Crippen LogP contribution in [0, 0.1) is 5.92 Å². The Bertz CT molecular complexity index is 411. The monoisotopic (exact) mass is 299 g/mol. The van der Waals surface area contributed by atoms with Crippen molar-refractivity contribution in [1.29, 1.82) is 0 Å². The van der Waals surface area contributed by atoms with E-state index < -0.39 is 0 Å². The summed E-state index contributed by atoms with van der Waals surface area (Å²) < 4.78 is 0. The first kappa shape index (κ1) is 15.2. The molecule has 0 spiro atoms. The fourth-order valence-electron chi connectivity index (χ4n) is 2.77. The van der Waals surface area contributed by atoms with Gasteiger partial charge in [0.25, 0.3) is 0 Å². The van der Waals surface area contributed by atoms with E-state index in [-0.39, 0.29) is 0 Å². The summed E-state index contributed by atoms with van der Waals surface area (Å²) in [6, 6.07) is 6.66. The fourth-order valence-corrected chi connectivity index (χ4v) is 3.32. The molecule has 1 atom stereocenters. The molecular formula is C16H23Cl2N. The van der Waals surface area contributed by atoms with Crippen LogP contribution >= 0.6 is 23.2 Å². The highest BCUT2D eigenvalue weighted by Crippen LogP contribution is 2.35. The first-order valence-corrected chi connectivity index (χ1v) is 8.09. The average Bonchev–Trinajstić information content (AvgIpc) is 3.19. The van der Waals surface area contributed by atoms with Gasteiger partial charge in [0.05, 0.1) is 0 Å². The number of hydrogen-bond acceptors (Lipinski definition) is 1. The highest BCUT2D eigenvalue weighted by Gasteiger charge is 2.26. The second-order valence-corrected chi connectivity index (χ2v) is 6.38. The van der Waals surface area contributed by atoms with Gasteiger partial charge in [-0.2, -0.15) is 0 Å². The first-order valence-electron chi connectivity index (χ1n) is 7.34. The van der Waals surface area contributed by atoms with Crippen molar-refractivity contribution in [3.05, 3.63) is 33.8 Å². The minimum absolute atomic E-state index is 0.486. The highest BCUT2D eigenvalue weighted by molar-refractivity contribution is 6.35. The highest BCUT2D eigenvalue weighted by atomic mass is 35.5. The number of benzene rings is 1. The van der Waals surface area contributed by atoms with Gasteiger partial charge in [-0.05, 0) is 36.5 Å².